The first-order valence-electron chi connectivity index (χ1n) is 6.47. The largest absolute Gasteiger partial charge is 0.383 e. The van der Waals surface area contributed by atoms with Crippen LogP contribution in [0.3, 0.4) is 0 Å². The molecule has 104 valence electrons. The Kier molecular flexibility index (Phi) is 5.11. The van der Waals surface area contributed by atoms with E-state index in [9.17, 15) is 0 Å². The van der Waals surface area contributed by atoms with E-state index in [4.69, 9.17) is 4.74 Å². The van der Waals surface area contributed by atoms with E-state index in [-0.39, 0.29) is 0 Å². The highest BCUT2D eigenvalue weighted by Crippen LogP contribution is 2.00. The molecule has 2 aromatic rings. The van der Waals surface area contributed by atoms with Crippen molar-refractivity contribution in [2.45, 2.75) is 26.6 Å². The highest BCUT2D eigenvalue weighted by molar-refractivity contribution is 4.96. The summed E-state index contributed by atoms with van der Waals surface area (Å²) in [4.78, 5) is 8.58. The molecule has 2 heterocycles. The van der Waals surface area contributed by atoms with Gasteiger partial charge in [-0.1, -0.05) is 0 Å². The standard InChI is InChI=1S/C13H21N5O/c1-12-15-3-5-18(12)7-6-17-10-13(16-11-17)9-14-4-8-19-2/h3,5,10-11,14H,4,6-9H2,1-2H3. The molecule has 6 nitrogen and oxygen atoms in total. The second-order valence-electron chi connectivity index (χ2n) is 4.44. The molecule has 6 heteroatoms. The Morgan fingerprint density at radius 1 is 1.32 bits per heavy atom. The zero-order valence-electron chi connectivity index (χ0n) is 11.5. The number of imidazole rings is 2. The molecule has 0 amide bonds. The van der Waals surface area contributed by atoms with Crippen LogP contribution < -0.4 is 5.32 Å². The van der Waals surface area contributed by atoms with Crippen molar-refractivity contribution >= 4 is 0 Å². The van der Waals surface area contributed by atoms with Crippen LogP contribution in [0.15, 0.2) is 24.9 Å². The third-order valence-electron chi connectivity index (χ3n) is 3.00. The number of ether oxygens (including phenoxy) is 1. The van der Waals surface area contributed by atoms with Crippen molar-refractivity contribution in [3.63, 3.8) is 0 Å². The second kappa shape index (κ2) is 7.06. The maximum Gasteiger partial charge on any atom is 0.105 e. The molecule has 0 aliphatic heterocycles. The van der Waals surface area contributed by atoms with Gasteiger partial charge in [0, 0.05) is 51.9 Å². The van der Waals surface area contributed by atoms with Crippen molar-refractivity contribution in [3.05, 3.63) is 36.4 Å². The first kappa shape index (κ1) is 13.8. The molecule has 0 atom stereocenters. The fourth-order valence-corrected chi connectivity index (χ4v) is 1.87. The molecule has 0 spiro atoms. The van der Waals surface area contributed by atoms with Crippen molar-refractivity contribution in [2.75, 3.05) is 20.3 Å². The van der Waals surface area contributed by atoms with Crippen LogP contribution in [0.5, 0.6) is 0 Å². The van der Waals surface area contributed by atoms with Gasteiger partial charge in [0.25, 0.3) is 0 Å². The first-order chi connectivity index (χ1) is 9.29. The van der Waals surface area contributed by atoms with E-state index in [1.807, 2.05) is 25.6 Å². The Morgan fingerprint density at radius 2 is 2.21 bits per heavy atom. The fourth-order valence-electron chi connectivity index (χ4n) is 1.87. The summed E-state index contributed by atoms with van der Waals surface area (Å²) in [6.45, 7) is 6.18. The van der Waals surface area contributed by atoms with Crippen LogP contribution in [0.1, 0.15) is 11.5 Å². The van der Waals surface area contributed by atoms with Gasteiger partial charge in [-0.25, -0.2) is 9.97 Å². The average molecular weight is 263 g/mol. The molecule has 2 aromatic heterocycles. The normalized spacial score (nSPS) is 11.1. The van der Waals surface area contributed by atoms with Gasteiger partial charge in [-0.2, -0.15) is 0 Å². The van der Waals surface area contributed by atoms with E-state index in [1.165, 1.54) is 0 Å². The van der Waals surface area contributed by atoms with E-state index in [2.05, 4.69) is 30.6 Å². The van der Waals surface area contributed by atoms with Gasteiger partial charge in [0.05, 0.1) is 18.6 Å². The summed E-state index contributed by atoms with van der Waals surface area (Å²) in [6, 6.07) is 0. The number of hydrogen-bond donors (Lipinski definition) is 1. The van der Waals surface area contributed by atoms with E-state index in [0.29, 0.717) is 0 Å². The lowest BCUT2D eigenvalue weighted by Gasteiger charge is -2.05. The maximum absolute atomic E-state index is 4.98. The topological polar surface area (TPSA) is 56.9 Å². The molecule has 19 heavy (non-hydrogen) atoms. The van der Waals surface area contributed by atoms with Gasteiger partial charge in [0.15, 0.2) is 0 Å². The smallest absolute Gasteiger partial charge is 0.105 e. The lowest BCUT2D eigenvalue weighted by Crippen LogP contribution is -2.18. The quantitative estimate of drug-likeness (QED) is 0.717. The van der Waals surface area contributed by atoms with Crippen LogP contribution in [0, 0.1) is 6.92 Å². The summed E-state index contributed by atoms with van der Waals surface area (Å²) in [6.07, 6.45) is 7.78. The number of aryl methyl sites for hydroxylation is 3. The van der Waals surface area contributed by atoms with E-state index in [1.54, 1.807) is 7.11 Å². The molecule has 0 aliphatic rings. The summed E-state index contributed by atoms with van der Waals surface area (Å²) in [5, 5.41) is 3.28. The zero-order chi connectivity index (χ0) is 13.5. The average Bonchev–Trinajstić information content (AvgIpc) is 3.01. The van der Waals surface area contributed by atoms with Crippen LogP contribution in [0.25, 0.3) is 0 Å². The minimum absolute atomic E-state index is 0.723. The SMILES string of the molecule is COCCNCc1cn(CCn2ccnc2C)cn1. The molecule has 1 N–H and O–H groups in total. The number of rotatable bonds is 8. The molecule has 0 unspecified atom stereocenters. The third kappa shape index (κ3) is 4.18. The van der Waals surface area contributed by atoms with Gasteiger partial charge in [-0.05, 0) is 6.92 Å². The number of hydrogen-bond acceptors (Lipinski definition) is 4. The van der Waals surface area contributed by atoms with E-state index >= 15 is 0 Å². The predicted octanol–water partition coefficient (Wildman–Crippen LogP) is 0.824. The highest BCUT2D eigenvalue weighted by Gasteiger charge is 2.00. The van der Waals surface area contributed by atoms with Crippen LogP contribution in [-0.2, 0) is 24.4 Å². The van der Waals surface area contributed by atoms with E-state index in [0.717, 1.165) is 44.3 Å². The summed E-state index contributed by atoms with van der Waals surface area (Å²) in [5.41, 5.74) is 1.05. The summed E-state index contributed by atoms with van der Waals surface area (Å²) in [7, 11) is 1.70. The van der Waals surface area contributed by atoms with Gasteiger partial charge in [-0.15, -0.1) is 0 Å². The third-order valence-corrected chi connectivity index (χ3v) is 3.00. The van der Waals surface area contributed by atoms with Gasteiger partial charge in [0.1, 0.15) is 5.82 Å². The van der Waals surface area contributed by atoms with Crippen LogP contribution in [-0.4, -0.2) is 39.4 Å². The Hall–Kier alpha value is -1.66. The Balaban J connectivity index is 1.76. The van der Waals surface area contributed by atoms with Crippen molar-refractivity contribution in [3.8, 4) is 0 Å². The summed E-state index contributed by atoms with van der Waals surface area (Å²) in [5.74, 6) is 1.04. The van der Waals surface area contributed by atoms with Gasteiger partial charge in [0.2, 0.25) is 0 Å². The van der Waals surface area contributed by atoms with E-state index < -0.39 is 0 Å². The molecule has 2 rings (SSSR count). The molecule has 0 saturated heterocycles. The lowest BCUT2D eigenvalue weighted by molar-refractivity contribution is 0.199. The summed E-state index contributed by atoms with van der Waals surface area (Å²) >= 11 is 0. The molecule has 0 saturated carbocycles. The van der Waals surface area contributed by atoms with Crippen molar-refractivity contribution in [2.24, 2.45) is 0 Å². The number of nitrogens with one attached hydrogen (secondary N) is 1. The highest BCUT2D eigenvalue weighted by atomic mass is 16.5. The van der Waals surface area contributed by atoms with Gasteiger partial charge >= 0.3 is 0 Å². The molecular formula is C13H21N5O. The Morgan fingerprint density at radius 3 is 2.95 bits per heavy atom. The summed E-state index contributed by atoms with van der Waals surface area (Å²) < 4.78 is 9.22. The van der Waals surface area contributed by atoms with Gasteiger partial charge < -0.3 is 19.2 Å². The van der Waals surface area contributed by atoms with Crippen molar-refractivity contribution in [1.82, 2.24) is 24.4 Å². The van der Waals surface area contributed by atoms with Crippen LogP contribution in [0.2, 0.25) is 0 Å². The maximum atomic E-state index is 4.98. The number of aromatic nitrogens is 4. The Labute approximate surface area is 113 Å². The Bertz CT molecular complexity index is 491. The number of methoxy groups -OCH3 is 1. The molecule has 0 fully saturated rings. The fraction of sp³-hybridized carbons (Fsp3) is 0.538. The molecule has 0 aliphatic carbocycles. The second-order valence-corrected chi connectivity index (χ2v) is 4.44. The monoisotopic (exact) mass is 263 g/mol. The van der Waals surface area contributed by atoms with Crippen molar-refractivity contribution < 1.29 is 4.74 Å². The number of nitrogens with zero attached hydrogens (tertiary/aromatic N) is 4. The molecular weight excluding hydrogens is 242 g/mol. The molecule has 0 bridgehead atoms. The zero-order valence-corrected chi connectivity index (χ0v) is 11.5. The first-order valence-corrected chi connectivity index (χ1v) is 6.47. The van der Waals surface area contributed by atoms with Crippen molar-refractivity contribution in [1.29, 1.82) is 0 Å². The molecule has 0 radical (unpaired) electrons. The van der Waals surface area contributed by atoms with Gasteiger partial charge in [-0.3, -0.25) is 0 Å². The lowest BCUT2D eigenvalue weighted by atomic mass is 10.4. The van der Waals surface area contributed by atoms with Crippen LogP contribution >= 0.6 is 0 Å². The minimum atomic E-state index is 0.723. The predicted molar refractivity (Wildman–Crippen MR) is 72.8 cm³/mol. The van der Waals surface area contributed by atoms with Crippen LogP contribution in [0.4, 0.5) is 0 Å². The minimum Gasteiger partial charge on any atom is -0.383 e. The molecule has 0 aromatic carbocycles.